The number of hydrogen-bond donors (Lipinski definition) is 2. The van der Waals surface area contributed by atoms with Gasteiger partial charge in [0.2, 0.25) is 0 Å². The van der Waals surface area contributed by atoms with E-state index in [9.17, 15) is 0 Å². The Bertz CT molecular complexity index is 691. The SMILES string of the molecule is CCc1cccc(NC(N)=NCc2c(CC)nn(C)c2CC)c1.I. The third-order valence-electron chi connectivity index (χ3n) is 4.04. The van der Waals surface area contributed by atoms with Gasteiger partial charge in [0.15, 0.2) is 5.96 Å². The molecule has 0 spiro atoms. The molecule has 0 aliphatic carbocycles. The smallest absolute Gasteiger partial charge is 0.193 e. The fourth-order valence-electron chi connectivity index (χ4n) is 2.79. The van der Waals surface area contributed by atoms with E-state index in [0.717, 1.165) is 30.6 Å². The Hall–Kier alpha value is -1.57. The molecule has 3 N–H and O–H groups in total. The second-order valence-electron chi connectivity index (χ2n) is 5.58. The Morgan fingerprint density at radius 1 is 1.21 bits per heavy atom. The molecule has 2 aromatic rings. The van der Waals surface area contributed by atoms with Crippen LogP contribution in [0.2, 0.25) is 0 Å². The molecular weight excluding hydrogens is 413 g/mol. The lowest BCUT2D eigenvalue weighted by Gasteiger charge is -2.08. The van der Waals surface area contributed by atoms with E-state index in [4.69, 9.17) is 5.73 Å². The fourth-order valence-corrected chi connectivity index (χ4v) is 2.79. The topological polar surface area (TPSA) is 68.2 Å². The van der Waals surface area contributed by atoms with Crippen molar-refractivity contribution in [2.75, 3.05) is 5.32 Å². The summed E-state index contributed by atoms with van der Waals surface area (Å²) >= 11 is 0. The molecule has 0 saturated carbocycles. The normalized spacial score (nSPS) is 11.2. The van der Waals surface area contributed by atoms with Gasteiger partial charge >= 0.3 is 0 Å². The molecular formula is C18H28IN5. The molecule has 132 valence electrons. The lowest BCUT2D eigenvalue weighted by Crippen LogP contribution is -2.22. The Balaban J connectivity index is 0.00000288. The van der Waals surface area contributed by atoms with Crippen LogP contribution in [0.25, 0.3) is 0 Å². The van der Waals surface area contributed by atoms with Gasteiger partial charge in [-0.15, -0.1) is 24.0 Å². The number of halogens is 1. The van der Waals surface area contributed by atoms with Gasteiger partial charge in [0.1, 0.15) is 0 Å². The fraction of sp³-hybridized carbons (Fsp3) is 0.444. The number of nitrogens with one attached hydrogen (secondary N) is 1. The summed E-state index contributed by atoms with van der Waals surface area (Å²) in [5.74, 6) is 0.436. The molecule has 2 rings (SSSR count). The standard InChI is InChI=1S/C18H27N5.HI/c1-5-13-9-8-10-14(11-13)21-18(19)20-12-15-16(6-2)22-23(4)17(15)7-3;/h8-11H,5-7,12H2,1-4H3,(H3,19,20,21);1H. The number of hydrogen-bond acceptors (Lipinski definition) is 2. The lowest BCUT2D eigenvalue weighted by atomic mass is 10.1. The average molecular weight is 441 g/mol. The molecule has 0 aliphatic heterocycles. The van der Waals surface area contributed by atoms with Crippen molar-refractivity contribution in [1.82, 2.24) is 9.78 Å². The van der Waals surface area contributed by atoms with E-state index >= 15 is 0 Å². The number of rotatable bonds is 6. The highest BCUT2D eigenvalue weighted by atomic mass is 127. The van der Waals surface area contributed by atoms with E-state index in [-0.39, 0.29) is 24.0 Å². The molecule has 0 fully saturated rings. The number of nitrogens with zero attached hydrogens (tertiary/aromatic N) is 3. The van der Waals surface area contributed by atoms with Crippen molar-refractivity contribution in [1.29, 1.82) is 0 Å². The molecule has 6 heteroatoms. The predicted molar refractivity (Wildman–Crippen MR) is 112 cm³/mol. The monoisotopic (exact) mass is 441 g/mol. The summed E-state index contributed by atoms with van der Waals surface area (Å²) in [6.07, 6.45) is 2.85. The number of nitrogens with two attached hydrogens (primary N) is 1. The van der Waals surface area contributed by atoms with Crippen LogP contribution in [-0.2, 0) is 32.9 Å². The molecule has 1 aromatic heterocycles. The average Bonchev–Trinajstić information content (AvgIpc) is 2.87. The molecule has 24 heavy (non-hydrogen) atoms. The van der Waals surface area contributed by atoms with Gasteiger partial charge < -0.3 is 11.1 Å². The van der Waals surface area contributed by atoms with Crippen LogP contribution in [0, 0.1) is 0 Å². The van der Waals surface area contributed by atoms with Crippen molar-refractivity contribution in [3.05, 3.63) is 46.8 Å². The summed E-state index contributed by atoms with van der Waals surface area (Å²) in [5, 5.41) is 7.74. The van der Waals surface area contributed by atoms with Gasteiger partial charge in [0, 0.05) is 24.0 Å². The van der Waals surface area contributed by atoms with Gasteiger partial charge in [-0.2, -0.15) is 5.10 Å². The number of benzene rings is 1. The zero-order valence-electron chi connectivity index (χ0n) is 15.0. The first-order valence-electron chi connectivity index (χ1n) is 8.28. The Morgan fingerprint density at radius 3 is 2.58 bits per heavy atom. The largest absolute Gasteiger partial charge is 0.370 e. The molecule has 0 radical (unpaired) electrons. The van der Waals surface area contributed by atoms with Gasteiger partial charge in [0.25, 0.3) is 0 Å². The van der Waals surface area contributed by atoms with Crippen LogP contribution in [0.1, 0.15) is 43.3 Å². The Kier molecular flexibility index (Phi) is 8.24. The predicted octanol–water partition coefficient (Wildman–Crippen LogP) is 3.65. The lowest BCUT2D eigenvalue weighted by molar-refractivity contribution is 0.703. The van der Waals surface area contributed by atoms with Crippen LogP contribution in [0.5, 0.6) is 0 Å². The van der Waals surface area contributed by atoms with Gasteiger partial charge in [-0.25, -0.2) is 4.99 Å². The number of aromatic nitrogens is 2. The van der Waals surface area contributed by atoms with Crippen LogP contribution in [0.4, 0.5) is 5.69 Å². The van der Waals surface area contributed by atoms with Gasteiger partial charge in [0.05, 0.1) is 12.2 Å². The van der Waals surface area contributed by atoms with E-state index in [1.165, 1.54) is 16.8 Å². The minimum absolute atomic E-state index is 0. The zero-order chi connectivity index (χ0) is 16.8. The maximum absolute atomic E-state index is 6.05. The van der Waals surface area contributed by atoms with Gasteiger partial charge in [-0.3, -0.25) is 4.68 Å². The molecule has 5 nitrogen and oxygen atoms in total. The molecule has 1 aromatic carbocycles. The van der Waals surface area contributed by atoms with Crippen LogP contribution < -0.4 is 11.1 Å². The van der Waals surface area contributed by atoms with Crippen molar-refractivity contribution < 1.29 is 0 Å². The van der Waals surface area contributed by atoms with Crippen LogP contribution >= 0.6 is 24.0 Å². The van der Waals surface area contributed by atoms with Crippen LogP contribution in [-0.4, -0.2) is 15.7 Å². The van der Waals surface area contributed by atoms with Crippen LogP contribution in [0.15, 0.2) is 29.3 Å². The van der Waals surface area contributed by atoms with Gasteiger partial charge in [-0.05, 0) is 37.0 Å². The third kappa shape index (κ3) is 4.96. The van der Waals surface area contributed by atoms with E-state index in [1.807, 2.05) is 23.9 Å². The van der Waals surface area contributed by atoms with E-state index in [1.54, 1.807) is 0 Å². The highest BCUT2D eigenvalue weighted by Gasteiger charge is 2.12. The summed E-state index contributed by atoms with van der Waals surface area (Å²) in [4.78, 5) is 4.51. The molecule has 0 atom stereocenters. The van der Waals surface area contributed by atoms with Crippen LogP contribution in [0.3, 0.4) is 0 Å². The number of guanidine groups is 1. The highest BCUT2D eigenvalue weighted by Crippen LogP contribution is 2.17. The summed E-state index contributed by atoms with van der Waals surface area (Å²) in [5.41, 5.74) is 11.8. The Labute approximate surface area is 161 Å². The second kappa shape index (κ2) is 9.66. The summed E-state index contributed by atoms with van der Waals surface area (Å²) in [6, 6.07) is 8.23. The highest BCUT2D eigenvalue weighted by molar-refractivity contribution is 14.0. The number of aliphatic imine (C=N–C) groups is 1. The Morgan fingerprint density at radius 2 is 1.96 bits per heavy atom. The summed E-state index contributed by atoms with van der Waals surface area (Å²) < 4.78 is 1.96. The number of anilines is 1. The third-order valence-corrected chi connectivity index (χ3v) is 4.04. The quantitative estimate of drug-likeness (QED) is 0.409. The first-order valence-corrected chi connectivity index (χ1v) is 8.28. The van der Waals surface area contributed by atoms with E-state index in [0.29, 0.717) is 12.5 Å². The first-order chi connectivity index (χ1) is 11.1. The number of aryl methyl sites for hydroxylation is 3. The van der Waals surface area contributed by atoms with Crippen molar-refractivity contribution >= 4 is 35.6 Å². The molecule has 0 aliphatic rings. The minimum atomic E-state index is 0. The van der Waals surface area contributed by atoms with E-state index < -0.39 is 0 Å². The molecule has 0 unspecified atom stereocenters. The molecule has 0 amide bonds. The van der Waals surface area contributed by atoms with Crippen molar-refractivity contribution in [3.63, 3.8) is 0 Å². The molecule has 0 saturated heterocycles. The molecule has 0 bridgehead atoms. The van der Waals surface area contributed by atoms with Gasteiger partial charge in [-0.1, -0.05) is 32.9 Å². The molecule has 1 heterocycles. The maximum Gasteiger partial charge on any atom is 0.193 e. The first kappa shape index (κ1) is 20.5. The second-order valence-corrected chi connectivity index (χ2v) is 5.58. The van der Waals surface area contributed by atoms with Crippen molar-refractivity contribution in [2.24, 2.45) is 17.8 Å². The summed E-state index contributed by atoms with van der Waals surface area (Å²) in [7, 11) is 1.99. The summed E-state index contributed by atoms with van der Waals surface area (Å²) in [6.45, 7) is 6.96. The van der Waals surface area contributed by atoms with Crippen molar-refractivity contribution in [2.45, 2.75) is 46.6 Å². The minimum Gasteiger partial charge on any atom is -0.370 e. The zero-order valence-corrected chi connectivity index (χ0v) is 17.3. The van der Waals surface area contributed by atoms with Crippen molar-refractivity contribution in [3.8, 4) is 0 Å². The van der Waals surface area contributed by atoms with E-state index in [2.05, 4.69) is 48.3 Å². The maximum atomic E-state index is 6.05.